The Bertz CT molecular complexity index is 481. The second-order valence-corrected chi connectivity index (χ2v) is 3.23. The number of hydrogen-bond donors (Lipinski definition) is 2. The van der Waals surface area contributed by atoms with Crippen molar-refractivity contribution in [1.29, 1.82) is 0 Å². The molecule has 0 saturated heterocycles. The number of aryl methyl sites for hydroxylation is 1. The van der Waals surface area contributed by atoms with Crippen LogP contribution in [-0.4, -0.2) is 20.3 Å². The highest BCUT2D eigenvalue weighted by Gasteiger charge is 2.06. The molecule has 0 radical (unpaired) electrons. The van der Waals surface area contributed by atoms with Crippen molar-refractivity contribution in [2.45, 2.75) is 13.5 Å². The average molecular weight is 207 g/mol. The lowest BCUT2D eigenvalue weighted by molar-refractivity contribution is 0.272. The van der Waals surface area contributed by atoms with Crippen molar-refractivity contribution in [2.75, 3.05) is 0 Å². The zero-order chi connectivity index (χ0) is 10.8. The third-order valence-corrected chi connectivity index (χ3v) is 2.10. The Labute approximate surface area is 85.8 Å². The van der Waals surface area contributed by atoms with Crippen molar-refractivity contribution in [3.05, 3.63) is 35.4 Å². The lowest BCUT2D eigenvalue weighted by Gasteiger charge is -1.98. The molecule has 0 fully saturated rings. The van der Waals surface area contributed by atoms with Crippen molar-refractivity contribution >= 4 is 0 Å². The number of nitrogens with zero attached hydrogens (tertiary/aromatic N) is 2. The lowest BCUT2D eigenvalue weighted by Crippen LogP contribution is -1.87. The van der Waals surface area contributed by atoms with E-state index in [1.807, 2.05) is 0 Å². The van der Waals surface area contributed by atoms with Crippen LogP contribution in [0.5, 0.6) is 0 Å². The first-order valence-electron chi connectivity index (χ1n) is 4.49. The number of aromatic amines is 1. The molecule has 0 aliphatic rings. The number of nitrogens with one attached hydrogen (secondary N) is 1. The molecule has 2 N–H and O–H groups in total. The molecule has 4 nitrogen and oxygen atoms in total. The highest BCUT2D eigenvalue weighted by Crippen LogP contribution is 2.17. The number of rotatable bonds is 2. The fourth-order valence-corrected chi connectivity index (χ4v) is 1.28. The summed E-state index contributed by atoms with van der Waals surface area (Å²) in [5.41, 5.74) is 1.27. The minimum absolute atomic E-state index is 0.187. The zero-order valence-electron chi connectivity index (χ0n) is 8.16. The van der Waals surface area contributed by atoms with E-state index in [1.165, 1.54) is 6.07 Å². The Kier molecular flexibility index (Phi) is 2.47. The van der Waals surface area contributed by atoms with Gasteiger partial charge in [0.2, 0.25) is 0 Å². The van der Waals surface area contributed by atoms with E-state index < -0.39 is 0 Å². The molecule has 0 aliphatic heterocycles. The summed E-state index contributed by atoms with van der Waals surface area (Å²) in [5.74, 6) is 0.603. The largest absolute Gasteiger partial charge is 0.388 e. The van der Waals surface area contributed by atoms with Gasteiger partial charge in [0.25, 0.3) is 0 Å². The van der Waals surface area contributed by atoms with Gasteiger partial charge in [0, 0.05) is 5.56 Å². The molecule has 2 aromatic rings. The Morgan fingerprint density at radius 3 is 2.87 bits per heavy atom. The van der Waals surface area contributed by atoms with E-state index in [0.717, 1.165) is 5.56 Å². The van der Waals surface area contributed by atoms with E-state index in [9.17, 15) is 4.39 Å². The molecule has 0 amide bonds. The first-order valence-corrected chi connectivity index (χ1v) is 4.49. The van der Waals surface area contributed by atoms with Crippen LogP contribution in [0.25, 0.3) is 11.4 Å². The number of aromatic nitrogens is 3. The van der Waals surface area contributed by atoms with Gasteiger partial charge >= 0.3 is 0 Å². The Morgan fingerprint density at radius 1 is 1.47 bits per heavy atom. The van der Waals surface area contributed by atoms with Crippen LogP contribution in [-0.2, 0) is 6.61 Å². The van der Waals surface area contributed by atoms with Gasteiger partial charge in [-0.2, -0.15) is 5.10 Å². The van der Waals surface area contributed by atoms with Gasteiger partial charge in [-0.15, -0.1) is 0 Å². The lowest BCUT2D eigenvalue weighted by atomic mass is 10.1. The smallest absolute Gasteiger partial charge is 0.181 e. The molecule has 1 aromatic heterocycles. The summed E-state index contributed by atoms with van der Waals surface area (Å²) in [5, 5.41) is 15.3. The minimum Gasteiger partial charge on any atom is -0.388 e. The molecule has 15 heavy (non-hydrogen) atoms. The molecule has 0 aliphatic carbocycles. The highest BCUT2D eigenvalue weighted by molar-refractivity contribution is 5.55. The van der Waals surface area contributed by atoms with Crippen molar-refractivity contribution in [1.82, 2.24) is 15.2 Å². The standard InChI is InChI=1S/C10H10FN3O/c1-6-4-7(2-3-8(6)11)10-12-9(5-15)13-14-10/h2-4,15H,5H2,1H3,(H,12,13,14). The fraction of sp³-hybridized carbons (Fsp3) is 0.200. The molecule has 1 heterocycles. The van der Waals surface area contributed by atoms with Gasteiger partial charge in [-0.05, 0) is 30.7 Å². The number of aliphatic hydroxyl groups is 1. The third-order valence-electron chi connectivity index (χ3n) is 2.10. The van der Waals surface area contributed by atoms with Gasteiger partial charge in [0.1, 0.15) is 12.4 Å². The predicted octanol–water partition coefficient (Wildman–Crippen LogP) is 1.41. The van der Waals surface area contributed by atoms with Crippen LogP contribution >= 0.6 is 0 Å². The van der Waals surface area contributed by atoms with Gasteiger partial charge in [-0.25, -0.2) is 9.37 Å². The molecule has 0 bridgehead atoms. The minimum atomic E-state index is -0.253. The van der Waals surface area contributed by atoms with Gasteiger partial charge in [0.15, 0.2) is 11.6 Å². The molecular weight excluding hydrogens is 197 g/mol. The number of hydrogen-bond acceptors (Lipinski definition) is 3. The van der Waals surface area contributed by atoms with Crippen molar-refractivity contribution < 1.29 is 9.50 Å². The Morgan fingerprint density at radius 2 is 2.27 bits per heavy atom. The number of benzene rings is 1. The second kappa shape index (κ2) is 3.78. The van der Waals surface area contributed by atoms with Crippen LogP contribution in [0.1, 0.15) is 11.4 Å². The van der Waals surface area contributed by atoms with E-state index in [4.69, 9.17) is 5.11 Å². The van der Waals surface area contributed by atoms with Crippen LogP contribution in [0.15, 0.2) is 18.2 Å². The normalized spacial score (nSPS) is 10.6. The molecule has 0 saturated carbocycles. The van der Waals surface area contributed by atoms with Crippen LogP contribution in [0, 0.1) is 12.7 Å². The van der Waals surface area contributed by atoms with E-state index in [-0.39, 0.29) is 12.4 Å². The van der Waals surface area contributed by atoms with Crippen molar-refractivity contribution in [3.8, 4) is 11.4 Å². The van der Waals surface area contributed by atoms with Crippen LogP contribution in [0.3, 0.4) is 0 Å². The van der Waals surface area contributed by atoms with Gasteiger partial charge in [0.05, 0.1) is 0 Å². The molecule has 1 aromatic carbocycles. The summed E-state index contributed by atoms with van der Waals surface area (Å²) in [4.78, 5) is 4.03. The first kappa shape index (κ1) is 9.79. The maximum absolute atomic E-state index is 13.0. The average Bonchev–Trinajstić information content (AvgIpc) is 2.70. The molecule has 0 unspecified atom stereocenters. The van der Waals surface area contributed by atoms with E-state index in [0.29, 0.717) is 17.2 Å². The zero-order valence-corrected chi connectivity index (χ0v) is 8.16. The van der Waals surface area contributed by atoms with Gasteiger partial charge in [-0.3, -0.25) is 5.10 Å². The summed E-state index contributed by atoms with van der Waals surface area (Å²) >= 11 is 0. The highest BCUT2D eigenvalue weighted by atomic mass is 19.1. The fourth-order valence-electron chi connectivity index (χ4n) is 1.28. The molecule has 0 spiro atoms. The number of H-pyrrole nitrogens is 1. The molecular formula is C10H10FN3O. The molecule has 78 valence electrons. The third kappa shape index (κ3) is 1.87. The number of halogens is 1. The van der Waals surface area contributed by atoms with Gasteiger partial charge < -0.3 is 5.11 Å². The monoisotopic (exact) mass is 207 g/mol. The maximum atomic E-state index is 13.0. The first-order chi connectivity index (χ1) is 7.20. The Hall–Kier alpha value is -1.75. The van der Waals surface area contributed by atoms with E-state index in [1.54, 1.807) is 19.1 Å². The van der Waals surface area contributed by atoms with Crippen LogP contribution in [0.4, 0.5) is 4.39 Å². The summed E-state index contributed by atoms with van der Waals surface area (Å²) in [6.07, 6.45) is 0. The van der Waals surface area contributed by atoms with Crippen molar-refractivity contribution in [2.24, 2.45) is 0 Å². The van der Waals surface area contributed by atoms with E-state index in [2.05, 4.69) is 15.2 Å². The number of aliphatic hydroxyl groups excluding tert-OH is 1. The summed E-state index contributed by atoms with van der Waals surface area (Å²) in [6.45, 7) is 1.49. The SMILES string of the molecule is Cc1cc(-c2n[nH]c(CO)n2)ccc1F. The summed E-state index contributed by atoms with van der Waals surface area (Å²) in [6, 6.07) is 4.64. The van der Waals surface area contributed by atoms with Gasteiger partial charge in [-0.1, -0.05) is 0 Å². The second-order valence-electron chi connectivity index (χ2n) is 3.23. The molecule has 5 heteroatoms. The van der Waals surface area contributed by atoms with Crippen LogP contribution < -0.4 is 0 Å². The van der Waals surface area contributed by atoms with E-state index >= 15 is 0 Å². The summed E-state index contributed by atoms with van der Waals surface area (Å²) < 4.78 is 13.0. The van der Waals surface area contributed by atoms with Crippen LogP contribution in [0.2, 0.25) is 0 Å². The topological polar surface area (TPSA) is 61.8 Å². The summed E-state index contributed by atoms with van der Waals surface area (Å²) in [7, 11) is 0. The Balaban J connectivity index is 2.40. The predicted molar refractivity (Wildman–Crippen MR) is 52.4 cm³/mol. The molecule has 0 atom stereocenters. The van der Waals surface area contributed by atoms with Crippen molar-refractivity contribution in [3.63, 3.8) is 0 Å². The maximum Gasteiger partial charge on any atom is 0.181 e. The quantitative estimate of drug-likeness (QED) is 0.782. The molecule has 2 rings (SSSR count).